The molecule has 0 saturated carbocycles. The molecule has 0 amide bonds. The highest BCUT2D eigenvalue weighted by Crippen LogP contribution is 2.25. The van der Waals surface area contributed by atoms with Crippen molar-refractivity contribution >= 4 is 11.6 Å². The minimum Gasteiger partial charge on any atom is -0.438 e. The number of aryl methyl sites for hydroxylation is 1. The summed E-state index contributed by atoms with van der Waals surface area (Å²) in [5.41, 5.74) is 2.40. The Labute approximate surface area is 111 Å². The van der Waals surface area contributed by atoms with Crippen molar-refractivity contribution in [1.82, 2.24) is 4.98 Å². The van der Waals surface area contributed by atoms with Gasteiger partial charge in [-0.1, -0.05) is 12.1 Å². The molecule has 0 saturated heterocycles. The van der Waals surface area contributed by atoms with E-state index in [0.717, 1.165) is 11.1 Å². The van der Waals surface area contributed by atoms with E-state index in [4.69, 9.17) is 21.6 Å². The van der Waals surface area contributed by atoms with E-state index in [2.05, 4.69) is 11.1 Å². The Morgan fingerprint density at radius 1 is 1.33 bits per heavy atom. The molecule has 0 bridgehead atoms. The molecule has 90 valence electrons. The largest absolute Gasteiger partial charge is 0.438 e. The third-order valence-corrected chi connectivity index (χ3v) is 2.73. The number of hydrogen-bond donors (Lipinski definition) is 0. The Kier molecular flexibility index (Phi) is 3.81. The van der Waals surface area contributed by atoms with Crippen molar-refractivity contribution in [1.29, 1.82) is 5.26 Å². The van der Waals surface area contributed by atoms with E-state index in [0.29, 0.717) is 23.1 Å². The maximum atomic E-state index is 9.07. The fraction of sp³-hybridized carbons (Fsp3) is 0.143. The molecule has 3 nitrogen and oxygen atoms in total. The molecule has 4 heteroatoms. The number of pyridine rings is 1. The standard InChI is InChI=1S/C14H11ClN2O/c1-10-2-5-14(17-9-10)18-13-4-3-11(7-15)6-12(13)8-16/h2-6,9H,7H2,1H3. The summed E-state index contributed by atoms with van der Waals surface area (Å²) in [4.78, 5) is 4.13. The van der Waals surface area contributed by atoms with Crippen molar-refractivity contribution in [2.45, 2.75) is 12.8 Å². The molecule has 0 aliphatic heterocycles. The van der Waals surface area contributed by atoms with Gasteiger partial charge in [-0.2, -0.15) is 5.26 Å². The zero-order valence-corrected chi connectivity index (χ0v) is 10.6. The molecule has 0 radical (unpaired) electrons. The number of ether oxygens (including phenoxy) is 1. The molecule has 0 atom stereocenters. The smallest absolute Gasteiger partial charge is 0.219 e. The molecule has 1 aromatic carbocycles. The summed E-state index contributed by atoms with van der Waals surface area (Å²) >= 11 is 5.72. The normalized spacial score (nSPS) is 9.83. The number of rotatable bonds is 3. The number of benzene rings is 1. The molecular weight excluding hydrogens is 248 g/mol. The molecule has 1 aromatic heterocycles. The number of aromatic nitrogens is 1. The second-order valence-corrected chi connectivity index (χ2v) is 4.12. The van der Waals surface area contributed by atoms with Gasteiger partial charge in [0.05, 0.1) is 5.56 Å². The maximum absolute atomic E-state index is 9.07. The summed E-state index contributed by atoms with van der Waals surface area (Å²) in [6.07, 6.45) is 1.72. The van der Waals surface area contributed by atoms with E-state index in [9.17, 15) is 0 Å². The topological polar surface area (TPSA) is 45.9 Å². The number of hydrogen-bond acceptors (Lipinski definition) is 3. The number of nitriles is 1. The van der Waals surface area contributed by atoms with Crippen LogP contribution in [0.4, 0.5) is 0 Å². The van der Waals surface area contributed by atoms with Gasteiger partial charge >= 0.3 is 0 Å². The first-order valence-corrected chi connectivity index (χ1v) is 5.96. The van der Waals surface area contributed by atoms with Crippen LogP contribution in [0.25, 0.3) is 0 Å². The lowest BCUT2D eigenvalue weighted by Gasteiger charge is -2.07. The first-order valence-electron chi connectivity index (χ1n) is 5.42. The molecule has 2 aromatic rings. The van der Waals surface area contributed by atoms with E-state index in [1.54, 1.807) is 24.4 Å². The monoisotopic (exact) mass is 258 g/mol. The van der Waals surface area contributed by atoms with Crippen molar-refractivity contribution in [3.8, 4) is 17.7 Å². The average Bonchev–Trinajstić information content (AvgIpc) is 2.41. The van der Waals surface area contributed by atoms with E-state index in [-0.39, 0.29) is 0 Å². The van der Waals surface area contributed by atoms with Gasteiger partial charge in [-0.15, -0.1) is 11.6 Å². The molecule has 18 heavy (non-hydrogen) atoms. The van der Waals surface area contributed by atoms with Gasteiger partial charge in [0.25, 0.3) is 0 Å². The second kappa shape index (κ2) is 5.52. The lowest BCUT2D eigenvalue weighted by atomic mass is 10.1. The zero-order valence-electron chi connectivity index (χ0n) is 9.85. The Balaban J connectivity index is 2.29. The molecule has 0 N–H and O–H groups in total. The Hall–Kier alpha value is -2.05. The number of alkyl halides is 1. The van der Waals surface area contributed by atoms with Crippen molar-refractivity contribution in [2.24, 2.45) is 0 Å². The quantitative estimate of drug-likeness (QED) is 0.787. The first kappa shape index (κ1) is 12.4. The highest BCUT2D eigenvalue weighted by molar-refractivity contribution is 6.17. The minimum absolute atomic E-state index is 0.373. The van der Waals surface area contributed by atoms with E-state index in [1.165, 1.54) is 0 Å². The van der Waals surface area contributed by atoms with Crippen molar-refractivity contribution < 1.29 is 4.74 Å². The van der Waals surface area contributed by atoms with Crippen LogP contribution in [0.2, 0.25) is 0 Å². The predicted molar refractivity (Wildman–Crippen MR) is 69.8 cm³/mol. The van der Waals surface area contributed by atoms with Gasteiger partial charge in [0.1, 0.15) is 11.8 Å². The van der Waals surface area contributed by atoms with Gasteiger partial charge in [0.2, 0.25) is 5.88 Å². The van der Waals surface area contributed by atoms with Crippen LogP contribution < -0.4 is 4.74 Å². The van der Waals surface area contributed by atoms with Crippen molar-refractivity contribution in [3.63, 3.8) is 0 Å². The highest BCUT2D eigenvalue weighted by Gasteiger charge is 2.06. The highest BCUT2D eigenvalue weighted by atomic mass is 35.5. The summed E-state index contributed by atoms with van der Waals surface area (Å²) in [6, 6.07) is 11.0. The molecule has 0 aliphatic carbocycles. The predicted octanol–water partition coefficient (Wildman–Crippen LogP) is 3.79. The Morgan fingerprint density at radius 2 is 2.17 bits per heavy atom. The van der Waals surface area contributed by atoms with Crippen LogP contribution in [0, 0.1) is 18.3 Å². The molecule has 2 rings (SSSR count). The summed E-state index contributed by atoms with van der Waals surface area (Å²) in [5.74, 6) is 1.33. The fourth-order valence-corrected chi connectivity index (χ4v) is 1.63. The fourth-order valence-electron chi connectivity index (χ4n) is 1.46. The van der Waals surface area contributed by atoms with Crippen LogP contribution >= 0.6 is 11.6 Å². The molecule has 0 unspecified atom stereocenters. The van der Waals surface area contributed by atoms with Gasteiger partial charge < -0.3 is 4.74 Å². The Bertz CT molecular complexity index is 588. The lowest BCUT2D eigenvalue weighted by molar-refractivity contribution is 0.461. The van der Waals surface area contributed by atoms with Gasteiger partial charge in [-0.25, -0.2) is 4.98 Å². The van der Waals surface area contributed by atoms with Crippen LogP contribution in [0.1, 0.15) is 16.7 Å². The maximum Gasteiger partial charge on any atom is 0.219 e. The average molecular weight is 259 g/mol. The van der Waals surface area contributed by atoms with Crippen LogP contribution in [0.15, 0.2) is 36.5 Å². The van der Waals surface area contributed by atoms with Crippen molar-refractivity contribution in [3.05, 3.63) is 53.2 Å². The molecular formula is C14H11ClN2O. The third-order valence-electron chi connectivity index (χ3n) is 2.42. The summed E-state index contributed by atoms with van der Waals surface area (Å²) in [7, 11) is 0. The van der Waals surface area contributed by atoms with Crippen LogP contribution in [0.5, 0.6) is 11.6 Å². The van der Waals surface area contributed by atoms with Crippen LogP contribution in [-0.2, 0) is 5.88 Å². The summed E-state index contributed by atoms with van der Waals surface area (Å²) < 4.78 is 5.58. The van der Waals surface area contributed by atoms with Gasteiger partial charge in [0, 0.05) is 18.1 Å². The van der Waals surface area contributed by atoms with E-state index >= 15 is 0 Å². The molecule has 0 fully saturated rings. The SMILES string of the molecule is Cc1ccc(Oc2ccc(CCl)cc2C#N)nc1. The molecule has 0 spiro atoms. The Morgan fingerprint density at radius 3 is 2.78 bits per heavy atom. The van der Waals surface area contributed by atoms with Gasteiger partial charge in [-0.05, 0) is 30.2 Å². The molecule has 1 heterocycles. The van der Waals surface area contributed by atoms with Gasteiger partial charge in [-0.3, -0.25) is 0 Å². The lowest BCUT2D eigenvalue weighted by Crippen LogP contribution is -1.92. The van der Waals surface area contributed by atoms with E-state index < -0.39 is 0 Å². The number of halogens is 1. The number of nitrogens with zero attached hydrogens (tertiary/aromatic N) is 2. The molecule has 0 aliphatic rings. The minimum atomic E-state index is 0.373. The summed E-state index contributed by atoms with van der Waals surface area (Å²) in [6.45, 7) is 1.95. The zero-order chi connectivity index (χ0) is 13.0. The van der Waals surface area contributed by atoms with Gasteiger partial charge in [0.15, 0.2) is 0 Å². The second-order valence-electron chi connectivity index (χ2n) is 3.85. The summed E-state index contributed by atoms with van der Waals surface area (Å²) in [5, 5.41) is 9.07. The van der Waals surface area contributed by atoms with Crippen molar-refractivity contribution in [2.75, 3.05) is 0 Å². The van der Waals surface area contributed by atoms with Crippen LogP contribution in [0.3, 0.4) is 0 Å². The van der Waals surface area contributed by atoms with E-state index in [1.807, 2.05) is 19.1 Å². The van der Waals surface area contributed by atoms with Crippen LogP contribution in [-0.4, -0.2) is 4.98 Å². The first-order chi connectivity index (χ1) is 8.72. The third kappa shape index (κ3) is 2.79.